The van der Waals surface area contributed by atoms with Crippen LogP contribution in [0.15, 0.2) is 18.3 Å². The Morgan fingerprint density at radius 1 is 1.50 bits per heavy atom. The van der Waals surface area contributed by atoms with Crippen molar-refractivity contribution in [3.63, 3.8) is 0 Å². The lowest BCUT2D eigenvalue weighted by Crippen LogP contribution is -2.17. The third-order valence-corrected chi connectivity index (χ3v) is 3.85. The summed E-state index contributed by atoms with van der Waals surface area (Å²) < 4.78 is 0. The van der Waals surface area contributed by atoms with Gasteiger partial charge in [-0.25, -0.2) is 4.98 Å². The molecule has 0 unspecified atom stereocenters. The van der Waals surface area contributed by atoms with Gasteiger partial charge in [0.05, 0.1) is 11.6 Å². The molecule has 0 spiro atoms. The molecule has 1 heterocycles. The van der Waals surface area contributed by atoms with Crippen LogP contribution in [0.4, 0.5) is 5.82 Å². The monoisotopic (exact) mass is 213 g/mol. The fourth-order valence-corrected chi connectivity index (χ4v) is 2.45. The Labute approximate surface area is 95.5 Å². The van der Waals surface area contributed by atoms with Crippen LogP contribution in [0.1, 0.15) is 31.2 Å². The van der Waals surface area contributed by atoms with Crippen LogP contribution in [0.3, 0.4) is 0 Å². The van der Waals surface area contributed by atoms with E-state index >= 15 is 0 Å². The number of hydrogen-bond donors (Lipinski definition) is 1. The molecule has 1 N–H and O–H groups in total. The maximum atomic E-state index is 8.80. The highest BCUT2D eigenvalue weighted by molar-refractivity contribution is 5.42. The number of nitriles is 1. The molecule has 0 radical (unpaired) electrons. The smallest absolute Gasteiger partial charge is 0.127 e. The van der Waals surface area contributed by atoms with E-state index < -0.39 is 0 Å². The van der Waals surface area contributed by atoms with Gasteiger partial charge in [0.15, 0.2) is 0 Å². The Morgan fingerprint density at radius 2 is 2.31 bits per heavy atom. The van der Waals surface area contributed by atoms with Crippen LogP contribution in [0.25, 0.3) is 0 Å². The van der Waals surface area contributed by atoms with Crippen molar-refractivity contribution in [3.05, 3.63) is 23.9 Å². The third-order valence-electron chi connectivity index (χ3n) is 3.85. The quantitative estimate of drug-likeness (QED) is 0.836. The van der Waals surface area contributed by atoms with Crippen molar-refractivity contribution in [1.82, 2.24) is 4.98 Å². The minimum Gasteiger partial charge on any atom is -0.369 e. The van der Waals surface area contributed by atoms with Crippen LogP contribution in [-0.4, -0.2) is 11.5 Å². The highest BCUT2D eigenvalue weighted by Gasteiger charge is 2.53. The molecule has 3 nitrogen and oxygen atoms in total. The van der Waals surface area contributed by atoms with Crippen LogP contribution in [0, 0.1) is 22.7 Å². The lowest BCUT2D eigenvalue weighted by Gasteiger charge is -2.15. The van der Waals surface area contributed by atoms with Crippen LogP contribution in [0.5, 0.6) is 0 Å². The van der Waals surface area contributed by atoms with Gasteiger partial charge in [0, 0.05) is 12.7 Å². The summed E-state index contributed by atoms with van der Waals surface area (Å²) in [6.45, 7) is 1.03. The summed E-state index contributed by atoms with van der Waals surface area (Å²) in [6.07, 6.45) is 7.24. The predicted octanol–water partition coefficient (Wildman–Crippen LogP) is 2.56. The maximum absolute atomic E-state index is 8.80. The molecule has 0 atom stereocenters. The first-order chi connectivity index (χ1) is 7.82. The standard InChI is InChI=1S/C13H15N3/c14-8-10-3-6-15-12(7-10)16-9-13(4-5-13)11-1-2-11/h3,6-7,11H,1-2,4-5,9H2,(H,15,16). The molecule has 1 aromatic rings. The summed E-state index contributed by atoms with van der Waals surface area (Å²) in [5.41, 5.74) is 1.25. The second kappa shape index (κ2) is 3.48. The van der Waals surface area contributed by atoms with E-state index in [-0.39, 0.29) is 0 Å². The van der Waals surface area contributed by atoms with E-state index in [1.165, 1.54) is 25.7 Å². The van der Waals surface area contributed by atoms with E-state index in [9.17, 15) is 0 Å². The van der Waals surface area contributed by atoms with Crippen molar-refractivity contribution in [3.8, 4) is 6.07 Å². The average Bonchev–Trinajstić information content (AvgIpc) is 3.17. The van der Waals surface area contributed by atoms with Gasteiger partial charge < -0.3 is 5.32 Å². The molecule has 16 heavy (non-hydrogen) atoms. The first kappa shape index (κ1) is 9.65. The fraction of sp³-hybridized carbons (Fsp3) is 0.538. The maximum Gasteiger partial charge on any atom is 0.127 e. The topological polar surface area (TPSA) is 48.7 Å². The molecular formula is C13H15N3. The van der Waals surface area contributed by atoms with Gasteiger partial charge >= 0.3 is 0 Å². The summed E-state index contributed by atoms with van der Waals surface area (Å²) in [5.74, 6) is 1.80. The Kier molecular flexibility index (Phi) is 2.10. The van der Waals surface area contributed by atoms with Gasteiger partial charge in [-0.2, -0.15) is 5.26 Å². The zero-order chi connectivity index (χ0) is 11.0. The average molecular weight is 213 g/mol. The molecule has 0 aromatic carbocycles. The van der Waals surface area contributed by atoms with E-state index in [4.69, 9.17) is 5.26 Å². The molecule has 0 amide bonds. The number of anilines is 1. The van der Waals surface area contributed by atoms with Crippen LogP contribution in [0.2, 0.25) is 0 Å². The highest BCUT2D eigenvalue weighted by atomic mass is 15.0. The first-order valence-electron chi connectivity index (χ1n) is 5.92. The number of rotatable bonds is 4. The minimum atomic E-state index is 0.574. The molecule has 3 rings (SSSR count). The Morgan fingerprint density at radius 3 is 2.94 bits per heavy atom. The summed E-state index contributed by atoms with van der Waals surface area (Å²) in [5, 5.41) is 12.2. The number of pyridine rings is 1. The van der Waals surface area contributed by atoms with Crippen molar-refractivity contribution in [2.45, 2.75) is 25.7 Å². The van der Waals surface area contributed by atoms with E-state index in [2.05, 4.69) is 16.4 Å². The molecule has 2 aliphatic rings. The van der Waals surface area contributed by atoms with Gasteiger partial charge in [0.1, 0.15) is 5.82 Å². The van der Waals surface area contributed by atoms with Gasteiger partial charge in [0.2, 0.25) is 0 Å². The van der Waals surface area contributed by atoms with Gasteiger partial charge in [-0.1, -0.05) is 0 Å². The molecule has 82 valence electrons. The molecule has 0 bridgehead atoms. The second-order valence-corrected chi connectivity index (χ2v) is 5.03. The number of aromatic nitrogens is 1. The van der Waals surface area contributed by atoms with Crippen LogP contribution in [-0.2, 0) is 0 Å². The molecule has 3 heteroatoms. The number of nitrogens with zero attached hydrogens (tertiary/aromatic N) is 2. The summed E-state index contributed by atoms with van der Waals surface area (Å²) >= 11 is 0. The Balaban J connectivity index is 1.64. The highest BCUT2D eigenvalue weighted by Crippen LogP contribution is 2.61. The van der Waals surface area contributed by atoms with Crippen molar-refractivity contribution in [2.75, 3.05) is 11.9 Å². The zero-order valence-electron chi connectivity index (χ0n) is 9.24. The molecule has 0 aliphatic heterocycles. The van der Waals surface area contributed by atoms with Gasteiger partial charge in [-0.15, -0.1) is 0 Å². The van der Waals surface area contributed by atoms with E-state index in [1.807, 2.05) is 6.07 Å². The van der Waals surface area contributed by atoms with E-state index in [1.54, 1.807) is 12.3 Å². The van der Waals surface area contributed by atoms with E-state index in [0.717, 1.165) is 18.3 Å². The third kappa shape index (κ3) is 1.76. The summed E-state index contributed by atoms with van der Waals surface area (Å²) in [7, 11) is 0. The lowest BCUT2D eigenvalue weighted by molar-refractivity contribution is 0.466. The minimum absolute atomic E-state index is 0.574. The van der Waals surface area contributed by atoms with Crippen molar-refractivity contribution < 1.29 is 0 Å². The normalized spacial score (nSPS) is 21.2. The lowest BCUT2D eigenvalue weighted by atomic mass is 10.0. The molecule has 2 fully saturated rings. The van der Waals surface area contributed by atoms with Crippen molar-refractivity contribution in [2.24, 2.45) is 11.3 Å². The van der Waals surface area contributed by atoms with Crippen molar-refractivity contribution in [1.29, 1.82) is 5.26 Å². The Bertz CT molecular complexity index is 439. The molecule has 0 saturated heterocycles. The molecule has 2 aliphatic carbocycles. The molecule has 1 aromatic heterocycles. The number of nitrogens with one attached hydrogen (secondary N) is 1. The van der Waals surface area contributed by atoms with Gasteiger partial charge in [0.25, 0.3) is 0 Å². The predicted molar refractivity (Wildman–Crippen MR) is 61.8 cm³/mol. The van der Waals surface area contributed by atoms with E-state index in [0.29, 0.717) is 11.0 Å². The van der Waals surface area contributed by atoms with Crippen LogP contribution >= 0.6 is 0 Å². The number of hydrogen-bond acceptors (Lipinski definition) is 3. The largest absolute Gasteiger partial charge is 0.369 e. The zero-order valence-corrected chi connectivity index (χ0v) is 9.24. The Hall–Kier alpha value is -1.56. The first-order valence-corrected chi connectivity index (χ1v) is 5.92. The fourth-order valence-electron chi connectivity index (χ4n) is 2.45. The van der Waals surface area contributed by atoms with Crippen LogP contribution < -0.4 is 5.32 Å². The molecular weight excluding hydrogens is 198 g/mol. The summed E-state index contributed by atoms with van der Waals surface area (Å²) in [6, 6.07) is 5.69. The SMILES string of the molecule is N#Cc1ccnc(NCC2(C3CC3)CC2)c1. The molecule has 2 saturated carbocycles. The van der Waals surface area contributed by atoms with Gasteiger partial charge in [-0.3, -0.25) is 0 Å². The second-order valence-electron chi connectivity index (χ2n) is 5.03. The van der Waals surface area contributed by atoms with Crippen molar-refractivity contribution >= 4 is 5.82 Å². The summed E-state index contributed by atoms with van der Waals surface area (Å²) in [4.78, 5) is 4.24. The van der Waals surface area contributed by atoms with Gasteiger partial charge in [-0.05, 0) is 49.1 Å².